The first-order chi connectivity index (χ1) is 6.55. The van der Waals surface area contributed by atoms with Gasteiger partial charge < -0.3 is 10.5 Å². The number of methoxy groups -OCH3 is 1. The van der Waals surface area contributed by atoms with E-state index in [1.54, 1.807) is 6.08 Å². The van der Waals surface area contributed by atoms with E-state index in [4.69, 9.17) is 5.73 Å². The predicted octanol–water partition coefficient (Wildman–Crippen LogP) is 0.166. The summed E-state index contributed by atoms with van der Waals surface area (Å²) < 4.78 is 4.65. The molecule has 2 unspecified atom stereocenters. The van der Waals surface area contributed by atoms with Gasteiger partial charge in [-0.2, -0.15) is 0 Å². The van der Waals surface area contributed by atoms with Crippen molar-refractivity contribution in [3.05, 3.63) is 11.6 Å². The minimum Gasteiger partial charge on any atom is -0.468 e. The van der Waals surface area contributed by atoms with Gasteiger partial charge in [0, 0.05) is 6.42 Å². The van der Waals surface area contributed by atoms with Crippen LogP contribution >= 0.6 is 0 Å². The largest absolute Gasteiger partial charge is 0.468 e. The lowest BCUT2D eigenvalue weighted by Crippen LogP contribution is -2.46. The third-order valence-electron chi connectivity index (χ3n) is 3.04. The predicted molar refractivity (Wildman–Crippen MR) is 49.4 cm³/mol. The summed E-state index contributed by atoms with van der Waals surface area (Å²) in [6, 6.07) is 0. The fourth-order valence-electron chi connectivity index (χ4n) is 2.39. The minimum atomic E-state index is -0.897. The van der Waals surface area contributed by atoms with Crippen molar-refractivity contribution in [3.8, 4) is 0 Å². The lowest BCUT2D eigenvalue weighted by atomic mass is 9.96. The van der Waals surface area contributed by atoms with Crippen LogP contribution in [0.1, 0.15) is 19.3 Å². The molecule has 4 heteroatoms. The van der Waals surface area contributed by atoms with E-state index >= 15 is 0 Å². The lowest BCUT2D eigenvalue weighted by molar-refractivity contribution is -0.147. The zero-order valence-corrected chi connectivity index (χ0v) is 8.08. The summed E-state index contributed by atoms with van der Waals surface area (Å²) in [7, 11) is 1.34. The molecule has 2 aliphatic rings. The summed E-state index contributed by atoms with van der Waals surface area (Å²) in [6.45, 7) is 0. The monoisotopic (exact) mass is 195 g/mol. The Labute approximate surface area is 82.1 Å². The average molecular weight is 195 g/mol. The number of hydrogen-bond acceptors (Lipinski definition) is 4. The second kappa shape index (κ2) is 2.92. The second-order valence-electron chi connectivity index (χ2n) is 4.12. The molecule has 0 aromatic heterocycles. The van der Waals surface area contributed by atoms with Crippen LogP contribution in [-0.4, -0.2) is 24.4 Å². The van der Waals surface area contributed by atoms with Crippen LogP contribution in [0.5, 0.6) is 0 Å². The van der Waals surface area contributed by atoms with Crippen LogP contribution in [0.15, 0.2) is 11.6 Å². The highest BCUT2D eigenvalue weighted by Crippen LogP contribution is 2.43. The Hall–Kier alpha value is -1.16. The molecule has 0 bridgehead atoms. The first kappa shape index (κ1) is 9.40. The highest BCUT2D eigenvalue weighted by Gasteiger charge is 2.47. The molecule has 2 atom stereocenters. The minimum absolute atomic E-state index is 0.150. The van der Waals surface area contributed by atoms with Gasteiger partial charge in [0.2, 0.25) is 0 Å². The van der Waals surface area contributed by atoms with Crippen molar-refractivity contribution < 1.29 is 14.3 Å². The fourth-order valence-corrected chi connectivity index (χ4v) is 2.39. The van der Waals surface area contributed by atoms with Gasteiger partial charge in [-0.05, 0) is 24.8 Å². The van der Waals surface area contributed by atoms with Gasteiger partial charge in [0.1, 0.15) is 5.54 Å². The summed E-state index contributed by atoms with van der Waals surface area (Å²) in [5.74, 6) is -0.0521. The summed E-state index contributed by atoms with van der Waals surface area (Å²) in [4.78, 5) is 22.5. The highest BCUT2D eigenvalue weighted by atomic mass is 16.5. The van der Waals surface area contributed by atoms with Gasteiger partial charge >= 0.3 is 5.97 Å². The van der Waals surface area contributed by atoms with Gasteiger partial charge in [0.25, 0.3) is 0 Å². The Morgan fingerprint density at radius 2 is 2.43 bits per heavy atom. The van der Waals surface area contributed by atoms with Gasteiger partial charge in [-0.25, -0.2) is 0 Å². The maximum absolute atomic E-state index is 11.4. The van der Waals surface area contributed by atoms with E-state index in [2.05, 4.69) is 4.74 Å². The van der Waals surface area contributed by atoms with Crippen molar-refractivity contribution in [2.24, 2.45) is 11.7 Å². The number of carbonyl (C=O) groups excluding carboxylic acids is 2. The molecule has 2 aliphatic carbocycles. The van der Waals surface area contributed by atoms with Gasteiger partial charge in [-0.1, -0.05) is 5.57 Å². The maximum Gasteiger partial charge on any atom is 0.326 e. The molecule has 1 saturated carbocycles. The van der Waals surface area contributed by atoms with Crippen LogP contribution in [-0.2, 0) is 14.3 Å². The molecule has 0 aliphatic heterocycles. The molecule has 0 radical (unpaired) electrons. The van der Waals surface area contributed by atoms with Gasteiger partial charge in [-0.15, -0.1) is 0 Å². The number of ketones is 1. The van der Waals surface area contributed by atoms with Crippen LogP contribution in [0.3, 0.4) is 0 Å². The van der Waals surface area contributed by atoms with E-state index in [1.165, 1.54) is 7.11 Å². The Morgan fingerprint density at radius 3 is 3.00 bits per heavy atom. The SMILES string of the molecule is COC(=O)C1(N)CC2=CC(=O)CC2C1. The first-order valence-electron chi connectivity index (χ1n) is 4.66. The van der Waals surface area contributed by atoms with Crippen molar-refractivity contribution in [1.29, 1.82) is 0 Å². The Bertz CT molecular complexity index is 334. The molecule has 4 nitrogen and oxygen atoms in total. The molecule has 2 rings (SSSR count). The highest BCUT2D eigenvalue weighted by molar-refractivity contribution is 5.95. The topological polar surface area (TPSA) is 69.4 Å². The molecule has 0 aromatic rings. The number of nitrogens with two attached hydrogens (primary N) is 1. The third kappa shape index (κ3) is 1.26. The summed E-state index contributed by atoms with van der Waals surface area (Å²) in [5, 5.41) is 0. The van der Waals surface area contributed by atoms with E-state index in [9.17, 15) is 9.59 Å². The zero-order valence-electron chi connectivity index (χ0n) is 8.08. The number of esters is 1. The zero-order chi connectivity index (χ0) is 10.3. The van der Waals surface area contributed by atoms with Crippen molar-refractivity contribution >= 4 is 11.8 Å². The van der Waals surface area contributed by atoms with Crippen molar-refractivity contribution in [2.45, 2.75) is 24.8 Å². The number of hydrogen-bond donors (Lipinski definition) is 1. The third-order valence-corrected chi connectivity index (χ3v) is 3.04. The standard InChI is InChI=1S/C10H13NO3/c1-14-9(13)10(11)4-6-2-8(12)3-7(6)5-10/h2,7H,3-5,11H2,1H3. The molecule has 0 spiro atoms. The molecular weight excluding hydrogens is 182 g/mol. The molecule has 0 heterocycles. The van der Waals surface area contributed by atoms with Crippen molar-refractivity contribution in [2.75, 3.05) is 7.11 Å². The van der Waals surface area contributed by atoms with Crippen LogP contribution < -0.4 is 5.73 Å². The van der Waals surface area contributed by atoms with Crippen molar-refractivity contribution in [3.63, 3.8) is 0 Å². The second-order valence-corrected chi connectivity index (χ2v) is 4.12. The van der Waals surface area contributed by atoms with Crippen LogP contribution in [0.2, 0.25) is 0 Å². The molecule has 2 N–H and O–H groups in total. The molecule has 76 valence electrons. The number of rotatable bonds is 1. The molecule has 14 heavy (non-hydrogen) atoms. The first-order valence-corrected chi connectivity index (χ1v) is 4.66. The van der Waals surface area contributed by atoms with Crippen molar-refractivity contribution in [1.82, 2.24) is 0 Å². The number of ether oxygens (including phenoxy) is 1. The average Bonchev–Trinajstić information content (AvgIpc) is 2.57. The van der Waals surface area contributed by atoms with E-state index in [0.29, 0.717) is 19.3 Å². The molecular formula is C10H13NO3. The van der Waals surface area contributed by atoms with Gasteiger partial charge in [0.15, 0.2) is 5.78 Å². The molecule has 0 aromatic carbocycles. The van der Waals surface area contributed by atoms with E-state index in [-0.39, 0.29) is 17.7 Å². The number of carbonyl (C=O) groups is 2. The summed E-state index contributed by atoms with van der Waals surface area (Å²) in [6.07, 6.45) is 3.14. The van der Waals surface area contributed by atoms with E-state index in [1.807, 2.05) is 0 Å². The van der Waals surface area contributed by atoms with Crippen LogP contribution in [0.4, 0.5) is 0 Å². The van der Waals surface area contributed by atoms with E-state index in [0.717, 1.165) is 5.57 Å². The summed E-state index contributed by atoms with van der Waals surface area (Å²) >= 11 is 0. The Balaban J connectivity index is 2.19. The quantitative estimate of drug-likeness (QED) is 0.605. The Kier molecular flexibility index (Phi) is 1.96. The summed E-state index contributed by atoms with van der Waals surface area (Å²) in [5.41, 5.74) is 6.04. The van der Waals surface area contributed by atoms with Crippen LogP contribution in [0.25, 0.3) is 0 Å². The molecule has 1 fully saturated rings. The number of allylic oxidation sites excluding steroid dienone is 1. The smallest absolute Gasteiger partial charge is 0.326 e. The van der Waals surface area contributed by atoms with Gasteiger partial charge in [-0.3, -0.25) is 9.59 Å². The van der Waals surface area contributed by atoms with Crippen LogP contribution in [0, 0.1) is 5.92 Å². The maximum atomic E-state index is 11.4. The van der Waals surface area contributed by atoms with Gasteiger partial charge in [0.05, 0.1) is 7.11 Å². The molecule has 0 amide bonds. The number of fused-ring (bicyclic) bond motifs is 1. The molecule has 0 saturated heterocycles. The Morgan fingerprint density at radius 1 is 1.71 bits per heavy atom. The fraction of sp³-hybridized carbons (Fsp3) is 0.600. The normalized spacial score (nSPS) is 35.4. The lowest BCUT2D eigenvalue weighted by Gasteiger charge is -2.20. The van der Waals surface area contributed by atoms with E-state index < -0.39 is 5.54 Å².